The van der Waals surface area contributed by atoms with Gasteiger partial charge in [-0.25, -0.2) is 4.99 Å². The quantitative estimate of drug-likeness (QED) is 0.577. The standard InChI is InChI=1S/C24H22N4O5/c29-17-9-5-4-8-16(17)20-18-19(24(27-20,23(32)33)10-15-11-25-13-26-15)22(31)28(21(18)30)12-14-6-2-1-3-7-14/h1-9,13,18-20,27,29H,10-12H2,(H,32,33). The lowest BCUT2D eigenvalue weighted by Gasteiger charge is -2.31. The highest BCUT2D eigenvalue weighted by molar-refractivity contribution is 6.11. The predicted octanol–water partition coefficient (Wildman–Crippen LogP) is 1.53. The molecule has 0 bridgehead atoms. The molecule has 3 heterocycles. The van der Waals surface area contributed by atoms with Gasteiger partial charge in [-0.2, -0.15) is 0 Å². The fourth-order valence-electron chi connectivity index (χ4n) is 5.17. The van der Waals surface area contributed by atoms with Crippen LogP contribution in [0.5, 0.6) is 5.75 Å². The molecule has 2 saturated heterocycles. The number of carboxylic acid groups (broad SMARTS) is 1. The molecule has 2 fully saturated rings. The van der Waals surface area contributed by atoms with Crippen LogP contribution in [0.3, 0.4) is 0 Å². The van der Waals surface area contributed by atoms with Crippen LogP contribution in [0, 0.1) is 11.8 Å². The number of nitrogens with one attached hydrogen (secondary N) is 1. The summed E-state index contributed by atoms with van der Waals surface area (Å²) in [4.78, 5) is 49.3. The van der Waals surface area contributed by atoms with Crippen LogP contribution in [-0.4, -0.2) is 57.0 Å². The van der Waals surface area contributed by atoms with Crippen molar-refractivity contribution < 1.29 is 24.6 Å². The van der Waals surface area contributed by atoms with Crippen LogP contribution in [0.15, 0.2) is 64.6 Å². The molecule has 5 rings (SSSR count). The molecular weight excluding hydrogens is 424 g/mol. The predicted molar refractivity (Wildman–Crippen MR) is 119 cm³/mol. The number of hydrogen-bond acceptors (Lipinski definition) is 7. The van der Waals surface area contributed by atoms with Gasteiger partial charge in [0.15, 0.2) is 0 Å². The summed E-state index contributed by atoms with van der Waals surface area (Å²) >= 11 is 0. The smallest absolute Gasteiger partial charge is 0.325 e. The summed E-state index contributed by atoms with van der Waals surface area (Å²) in [6, 6.07) is 14.7. The van der Waals surface area contributed by atoms with E-state index in [1.165, 1.54) is 12.4 Å². The molecule has 0 radical (unpaired) electrons. The highest BCUT2D eigenvalue weighted by atomic mass is 16.4. The van der Waals surface area contributed by atoms with E-state index in [1.54, 1.807) is 18.2 Å². The fraction of sp³-hybridized carbons (Fsp3) is 0.292. The van der Waals surface area contributed by atoms with Crippen molar-refractivity contribution >= 4 is 29.8 Å². The number of hydrogen-bond donors (Lipinski definition) is 3. The summed E-state index contributed by atoms with van der Waals surface area (Å²) in [6.07, 6.45) is 1.28. The van der Waals surface area contributed by atoms with E-state index in [0.29, 0.717) is 11.3 Å². The molecule has 0 aromatic heterocycles. The molecule has 0 spiro atoms. The van der Waals surface area contributed by atoms with E-state index in [2.05, 4.69) is 15.3 Å². The molecule has 0 saturated carbocycles. The van der Waals surface area contributed by atoms with Crippen LogP contribution in [0.1, 0.15) is 23.6 Å². The van der Waals surface area contributed by atoms with Crippen molar-refractivity contribution in [3.8, 4) is 5.75 Å². The molecule has 33 heavy (non-hydrogen) atoms. The number of phenols is 1. The minimum Gasteiger partial charge on any atom is -0.508 e. The minimum atomic E-state index is -1.76. The SMILES string of the molecule is O=C1C2C(c3ccccc3O)NC(CC3=NC=NC3)(C(=O)O)C2C(=O)N1Cc1ccccc1. The molecule has 3 N–H and O–H groups in total. The second-order valence-corrected chi connectivity index (χ2v) is 8.54. The summed E-state index contributed by atoms with van der Waals surface area (Å²) in [5.41, 5.74) is -0.102. The number of aromatic hydroxyl groups is 1. The Labute approximate surface area is 189 Å². The van der Waals surface area contributed by atoms with Crippen LogP contribution in [0.2, 0.25) is 0 Å². The number of phenolic OH excluding ortho intramolecular Hbond substituents is 1. The Morgan fingerprint density at radius 1 is 1.09 bits per heavy atom. The van der Waals surface area contributed by atoms with E-state index < -0.39 is 41.2 Å². The number of amides is 2. The van der Waals surface area contributed by atoms with Crippen molar-refractivity contribution in [3.63, 3.8) is 0 Å². The van der Waals surface area contributed by atoms with E-state index in [1.807, 2.05) is 30.3 Å². The molecule has 3 aliphatic rings. The topological polar surface area (TPSA) is 132 Å². The average Bonchev–Trinajstić information content (AvgIpc) is 3.49. The lowest BCUT2D eigenvalue weighted by molar-refractivity contribution is -0.151. The van der Waals surface area contributed by atoms with Crippen molar-refractivity contribution in [3.05, 3.63) is 65.7 Å². The second kappa shape index (κ2) is 7.93. The van der Waals surface area contributed by atoms with Gasteiger partial charge in [-0.3, -0.25) is 29.6 Å². The van der Waals surface area contributed by atoms with Crippen molar-refractivity contribution in [2.75, 3.05) is 6.54 Å². The third kappa shape index (κ3) is 3.32. The third-order valence-electron chi connectivity index (χ3n) is 6.66. The van der Waals surface area contributed by atoms with E-state index in [-0.39, 0.29) is 25.3 Å². The Bertz CT molecular complexity index is 1190. The van der Waals surface area contributed by atoms with Gasteiger partial charge in [0.2, 0.25) is 11.8 Å². The summed E-state index contributed by atoms with van der Waals surface area (Å²) in [6.45, 7) is 0.296. The number of aliphatic imine (C=N–C) groups is 2. The first-order valence-corrected chi connectivity index (χ1v) is 10.6. The normalized spacial score (nSPS) is 28.3. The average molecular weight is 446 g/mol. The molecule has 9 nitrogen and oxygen atoms in total. The number of rotatable bonds is 6. The Balaban J connectivity index is 1.60. The minimum absolute atomic E-state index is 0.0543. The molecule has 4 atom stereocenters. The maximum atomic E-state index is 13.6. The van der Waals surface area contributed by atoms with Gasteiger partial charge in [-0.15, -0.1) is 0 Å². The zero-order valence-corrected chi connectivity index (χ0v) is 17.6. The number of carbonyl (C=O) groups excluding carboxylic acids is 2. The summed E-state index contributed by atoms with van der Waals surface area (Å²) in [5.74, 6) is -4.44. The van der Waals surface area contributed by atoms with Gasteiger partial charge in [0, 0.05) is 23.7 Å². The van der Waals surface area contributed by atoms with E-state index in [4.69, 9.17) is 0 Å². The number of benzene rings is 2. The first kappa shape index (κ1) is 21.0. The van der Waals surface area contributed by atoms with Crippen LogP contribution in [0.25, 0.3) is 0 Å². The monoisotopic (exact) mass is 446 g/mol. The Kier molecular flexibility index (Phi) is 5.05. The van der Waals surface area contributed by atoms with Gasteiger partial charge in [0.05, 0.1) is 24.9 Å². The number of carboxylic acids is 1. The number of imide groups is 1. The molecule has 2 amide bonds. The van der Waals surface area contributed by atoms with Gasteiger partial charge in [0.25, 0.3) is 0 Å². The molecule has 0 aliphatic carbocycles. The molecular formula is C24H22N4O5. The lowest BCUT2D eigenvalue weighted by atomic mass is 9.76. The number of fused-ring (bicyclic) bond motifs is 1. The second-order valence-electron chi connectivity index (χ2n) is 8.54. The fourth-order valence-corrected chi connectivity index (χ4v) is 5.17. The van der Waals surface area contributed by atoms with Gasteiger partial charge in [-0.1, -0.05) is 48.5 Å². The van der Waals surface area contributed by atoms with Crippen LogP contribution in [0.4, 0.5) is 0 Å². The summed E-state index contributed by atoms with van der Waals surface area (Å²) < 4.78 is 0. The van der Waals surface area contributed by atoms with Gasteiger partial charge in [-0.05, 0) is 11.6 Å². The Morgan fingerprint density at radius 3 is 2.48 bits per heavy atom. The Hall–Kier alpha value is -3.85. The van der Waals surface area contributed by atoms with Crippen LogP contribution < -0.4 is 5.32 Å². The van der Waals surface area contributed by atoms with Crippen molar-refractivity contribution in [2.45, 2.75) is 24.5 Å². The lowest BCUT2D eigenvalue weighted by Crippen LogP contribution is -2.57. The number of likely N-dealkylation sites (tertiary alicyclic amines) is 1. The van der Waals surface area contributed by atoms with E-state index >= 15 is 0 Å². The molecule has 2 aromatic rings. The molecule has 9 heteroatoms. The van der Waals surface area contributed by atoms with Crippen LogP contribution in [-0.2, 0) is 20.9 Å². The number of carbonyl (C=O) groups is 3. The van der Waals surface area contributed by atoms with Crippen molar-refractivity contribution in [1.29, 1.82) is 0 Å². The summed E-state index contributed by atoms with van der Waals surface area (Å²) in [5, 5.41) is 23.9. The van der Waals surface area contributed by atoms with E-state index in [0.717, 1.165) is 10.5 Å². The molecule has 2 aromatic carbocycles. The highest BCUT2D eigenvalue weighted by Gasteiger charge is 2.68. The van der Waals surface area contributed by atoms with E-state index in [9.17, 15) is 24.6 Å². The number of aliphatic carboxylic acids is 1. The first-order chi connectivity index (χ1) is 15.9. The largest absolute Gasteiger partial charge is 0.508 e. The van der Waals surface area contributed by atoms with Crippen LogP contribution >= 0.6 is 0 Å². The van der Waals surface area contributed by atoms with Crippen molar-refractivity contribution in [2.24, 2.45) is 21.8 Å². The van der Waals surface area contributed by atoms with Gasteiger partial charge in [0.1, 0.15) is 17.6 Å². The highest BCUT2D eigenvalue weighted by Crippen LogP contribution is 2.51. The molecule has 168 valence electrons. The van der Waals surface area contributed by atoms with Gasteiger partial charge >= 0.3 is 5.97 Å². The zero-order chi connectivity index (χ0) is 23.2. The molecule has 3 aliphatic heterocycles. The first-order valence-electron chi connectivity index (χ1n) is 10.6. The summed E-state index contributed by atoms with van der Waals surface area (Å²) in [7, 11) is 0. The number of nitrogens with zero attached hydrogens (tertiary/aromatic N) is 3. The van der Waals surface area contributed by atoms with Crippen molar-refractivity contribution in [1.82, 2.24) is 10.2 Å². The third-order valence-corrected chi connectivity index (χ3v) is 6.66. The maximum Gasteiger partial charge on any atom is 0.325 e. The maximum absolute atomic E-state index is 13.6. The number of para-hydroxylation sites is 1. The molecule has 4 unspecified atom stereocenters. The Morgan fingerprint density at radius 2 is 1.82 bits per heavy atom. The zero-order valence-electron chi connectivity index (χ0n) is 17.6. The van der Waals surface area contributed by atoms with Gasteiger partial charge < -0.3 is 10.2 Å².